The Morgan fingerprint density at radius 2 is 2.14 bits per heavy atom. The highest BCUT2D eigenvalue weighted by molar-refractivity contribution is 6.30. The molecule has 0 saturated heterocycles. The Balaban J connectivity index is 2.60. The van der Waals surface area contributed by atoms with Crippen molar-refractivity contribution in [3.8, 4) is 11.5 Å². The minimum Gasteiger partial charge on any atom is -0.493 e. The number of nitrogens with one attached hydrogen (secondary N) is 1. The summed E-state index contributed by atoms with van der Waals surface area (Å²) in [5, 5.41) is 3.24. The molecule has 0 bridgehead atoms. The average molecular weight is 317 g/mol. The van der Waals surface area contributed by atoms with E-state index in [9.17, 15) is 4.79 Å². The molecule has 21 heavy (non-hydrogen) atoms. The minimum absolute atomic E-state index is 0.113. The fraction of sp³-hybridized carbons (Fsp3) is 0.500. The number of carbonyl (C=O) groups excluding carboxylic acids is 1. The number of hydrogen-bond acceptors (Lipinski definition) is 5. The first-order valence-corrected chi connectivity index (χ1v) is 6.95. The summed E-state index contributed by atoms with van der Waals surface area (Å²) < 4.78 is 15.6. The van der Waals surface area contributed by atoms with Crippen molar-refractivity contribution in [2.24, 2.45) is 5.73 Å². The second-order valence-corrected chi connectivity index (χ2v) is 4.72. The van der Waals surface area contributed by atoms with E-state index in [0.29, 0.717) is 35.2 Å². The van der Waals surface area contributed by atoms with Gasteiger partial charge in [0.25, 0.3) is 5.91 Å². The Bertz CT molecular complexity index is 443. The average Bonchev–Trinajstić information content (AvgIpc) is 2.49. The van der Waals surface area contributed by atoms with Gasteiger partial charge in [-0.15, -0.1) is 0 Å². The van der Waals surface area contributed by atoms with Gasteiger partial charge in [0.15, 0.2) is 18.1 Å². The summed E-state index contributed by atoms with van der Waals surface area (Å²) in [5.74, 6) is 0.678. The van der Waals surface area contributed by atoms with Crippen LogP contribution in [0.15, 0.2) is 12.1 Å². The van der Waals surface area contributed by atoms with Crippen LogP contribution in [0.3, 0.4) is 0 Å². The lowest BCUT2D eigenvalue weighted by atomic mass is 10.2. The molecule has 0 spiro atoms. The molecule has 3 N–H and O–H groups in total. The summed E-state index contributed by atoms with van der Waals surface area (Å²) in [6.45, 7) is 1.26. The molecular formula is C14H21ClN2O4. The van der Waals surface area contributed by atoms with Gasteiger partial charge in [0.1, 0.15) is 0 Å². The SMILES string of the molecule is COCCCNC(=O)COc1c(CN)cc(Cl)cc1OC. The van der Waals surface area contributed by atoms with E-state index in [1.165, 1.54) is 7.11 Å². The summed E-state index contributed by atoms with van der Waals surface area (Å²) in [6.07, 6.45) is 0.751. The number of nitrogens with two attached hydrogens (primary N) is 1. The molecule has 0 atom stereocenters. The molecule has 7 heteroatoms. The van der Waals surface area contributed by atoms with Crippen molar-refractivity contribution < 1.29 is 19.0 Å². The molecule has 1 rings (SSSR count). The Kier molecular flexibility index (Phi) is 7.89. The molecule has 6 nitrogen and oxygen atoms in total. The predicted molar refractivity (Wildman–Crippen MR) is 80.9 cm³/mol. The monoisotopic (exact) mass is 316 g/mol. The van der Waals surface area contributed by atoms with Crippen LogP contribution in [0.4, 0.5) is 0 Å². The van der Waals surface area contributed by atoms with Gasteiger partial charge in [-0.1, -0.05) is 11.6 Å². The van der Waals surface area contributed by atoms with Crippen LogP contribution >= 0.6 is 11.6 Å². The normalized spacial score (nSPS) is 10.3. The summed E-state index contributed by atoms with van der Waals surface area (Å²) in [4.78, 5) is 11.7. The van der Waals surface area contributed by atoms with Crippen LogP contribution in [0.5, 0.6) is 11.5 Å². The van der Waals surface area contributed by atoms with Gasteiger partial charge < -0.3 is 25.3 Å². The number of amides is 1. The standard InChI is InChI=1S/C14H21ClN2O4/c1-19-5-3-4-17-13(18)9-21-14-10(8-16)6-11(15)7-12(14)20-2/h6-7H,3-5,8-9,16H2,1-2H3,(H,17,18). The van der Waals surface area contributed by atoms with Crippen LogP contribution in [0.2, 0.25) is 5.02 Å². The van der Waals surface area contributed by atoms with Gasteiger partial charge in [-0.2, -0.15) is 0 Å². The summed E-state index contributed by atoms with van der Waals surface area (Å²) >= 11 is 5.96. The van der Waals surface area contributed by atoms with Gasteiger partial charge in [-0.25, -0.2) is 0 Å². The second-order valence-electron chi connectivity index (χ2n) is 4.29. The van der Waals surface area contributed by atoms with Gasteiger partial charge in [0, 0.05) is 43.5 Å². The Morgan fingerprint density at radius 1 is 1.38 bits per heavy atom. The van der Waals surface area contributed by atoms with E-state index < -0.39 is 0 Å². The first-order valence-electron chi connectivity index (χ1n) is 6.57. The zero-order valence-corrected chi connectivity index (χ0v) is 13.0. The van der Waals surface area contributed by atoms with Gasteiger partial charge >= 0.3 is 0 Å². The maximum atomic E-state index is 11.7. The van der Waals surface area contributed by atoms with Crippen molar-refractivity contribution in [3.05, 3.63) is 22.7 Å². The Labute approximate surface area is 129 Å². The molecule has 0 aromatic heterocycles. The van der Waals surface area contributed by atoms with Crippen molar-refractivity contribution in [3.63, 3.8) is 0 Å². The van der Waals surface area contributed by atoms with Crippen LogP contribution in [-0.2, 0) is 16.1 Å². The molecule has 0 aliphatic heterocycles. The Morgan fingerprint density at radius 3 is 2.76 bits per heavy atom. The molecule has 0 unspecified atom stereocenters. The third kappa shape index (κ3) is 5.79. The van der Waals surface area contributed by atoms with E-state index in [0.717, 1.165) is 6.42 Å². The third-order valence-electron chi connectivity index (χ3n) is 2.73. The highest BCUT2D eigenvalue weighted by Gasteiger charge is 2.13. The van der Waals surface area contributed by atoms with Gasteiger partial charge in [0.2, 0.25) is 0 Å². The molecule has 1 aromatic rings. The van der Waals surface area contributed by atoms with Crippen LogP contribution in [0, 0.1) is 0 Å². The van der Waals surface area contributed by atoms with Crippen molar-refractivity contribution in [1.82, 2.24) is 5.32 Å². The number of halogens is 1. The van der Waals surface area contributed by atoms with Crippen molar-refractivity contribution in [2.75, 3.05) is 34.0 Å². The first kappa shape index (κ1) is 17.6. The van der Waals surface area contributed by atoms with Crippen molar-refractivity contribution >= 4 is 17.5 Å². The van der Waals surface area contributed by atoms with Crippen LogP contribution in [0.1, 0.15) is 12.0 Å². The second kappa shape index (κ2) is 9.44. The van der Waals surface area contributed by atoms with E-state index in [1.807, 2.05) is 0 Å². The van der Waals surface area contributed by atoms with Crippen molar-refractivity contribution in [1.29, 1.82) is 0 Å². The number of hydrogen-bond donors (Lipinski definition) is 2. The lowest BCUT2D eigenvalue weighted by Gasteiger charge is -2.14. The maximum Gasteiger partial charge on any atom is 0.257 e. The third-order valence-corrected chi connectivity index (χ3v) is 2.95. The molecule has 0 fully saturated rings. The van der Waals surface area contributed by atoms with E-state index in [2.05, 4.69) is 5.32 Å². The fourth-order valence-electron chi connectivity index (χ4n) is 1.72. The number of rotatable bonds is 9. The van der Waals surface area contributed by atoms with Crippen LogP contribution in [0.25, 0.3) is 0 Å². The number of benzene rings is 1. The molecule has 118 valence electrons. The molecule has 0 heterocycles. The lowest BCUT2D eigenvalue weighted by molar-refractivity contribution is -0.123. The van der Waals surface area contributed by atoms with E-state index in [1.54, 1.807) is 19.2 Å². The summed E-state index contributed by atoms with van der Waals surface area (Å²) in [5.41, 5.74) is 6.34. The van der Waals surface area contributed by atoms with E-state index in [-0.39, 0.29) is 19.1 Å². The number of carbonyl (C=O) groups is 1. The predicted octanol–water partition coefficient (Wildman–Crippen LogP) is 1.34. The molecule has 0 saturated carbocycles. The number of methoxy groups -OCH3 is 2. The zero-order chi connectivity index (χ0) is 15.7. The number of ether oxygens (including phenoxy) is 3. The molecule has 0 aliphatic rings. The quantitative estimate of drug-likeness (QED) is 0.672. The van der Waals surface area contributed by atoms with Crippen LogP contribution < -0.4 is 20.5 Å². The van der Waals surface area contributed by atoms with Gasteiger partial charge in [-0.05, 0) is 12.5 Å². The van der Waals surface area contributed by atoms with E-state index >= 15 is 0 Å². The van der Waals surface area contributed by atoms with Crippen LogP contribution in [-0.4, -0.2) is 39.9 Å². The molecule has 0 aliphatic carbocycles. The highest BCUT2D eigenvalue weighted by atomic mass is 35.5. The largest absolute Gasteiger partial charge is 0.493 e. The van der Waals surface area contributed by atoms with E-state index in [4.69, 9.17) is 31.5 Å². The van der Waals surface area contributed by atoms with Gasteiger partial charge in [0.05, 0.1) is 7.11 Å². The molecule has 0 radical (unpaired) electrons. The molecule has 1 aromatic carbocycles. The van der Waals surface area contributed by atoms with Gasteiger partial charge in [-0.3, -0.25) is 4.79 Å². The fourth-order valence-corrected chi connectivity index (χ4v) is 1.95. The minimum atomic E-state index is -0.217. The summed E-state index contributed by atoms with van der Waals surface area (Å²) in [7, 11) is 3.12. The highest BCUT2D eigenvalue weighted by Crippen LogP contribution is 2.34. The molecular weight excluding hydrogens is 296 g/mol. The topological polar surface area (TPSA) is 82.8 Å². The zero-order valence-electron chi connectivity index (χ0n) is 12.3. The Hall–Kier alpha value is -1.50. The first-order chi connectivity index (χ1) is 10.1. The maximum absolute atomic E-state index is 11.7. The lowest BCUT2D eigenvalue weighted by Crippen LogP contribution is -2.30. The smallest absolute Gasteiger partial charge is 0.257 e. The van der Waals surface area contributed by atoms with Crippen molar-refractivity contribution in [2.45, 2.75) is 13.0 Å². The molecule has 1 amide bonds. The summed E-state index contributed by atoms with van der Waals surface area (Å²) in [6, 6.07) is 3.31.